The number of carboxylic acids is 1. The molecule has 1 saturated heterocycles. The van der Waals surface area contributed by atoms with Gasteiger partial charge in [0.05, 0.1) is 5.41 Å². The van der Waals surface area contributed by atoms with E-state index in [1.807, 2.05) is 36.4 Å². The highest BCUT2D eigenvalue weighted by atomic mass is 16.5. The Morgan fingerprint density at radius 2 is 1.93 bits per heavy atom. The number of hydrogen-bond donors (Lipinski definition) is 2. The van der Waals surface area contributed by atoms with Crippen LogP contribution >= 0.6 is 0 Å². The summed E-state index contributed by atoms with van der Waals surface area (Å²) in [4.78, 5) is 29.3. The average Bonchev–Trinajstić information content (AvgIpc) is 3.15. The number of urea groups is 1. The van der Waals surface area contributed by atoms with Crippen molar-refractivity contribution in [1.29, 1.82) is 0 Å². The number of carbonyl (C=O) groups is 2. The highest BCUT2D eigenvalue weighted by Gasteiger charge is 2.42. The summed E-state index contributed by atoms with van der Waals surface area (Å²) in [6, 6.07) is 12.8. The van der Waals surface area contributed by atoms with Gasteiger partial charge >= 0.3 is 12.0 Å². The van der Waals surface area contributed by atoms with Crippen molar-refractivity contribution in [2.45, 2.75) is 19.9 Å². The molecule has 1 aromatic heterocycles. The minimum Gasteiger partial charge on any atom is -0.490 e. The largest absolute Gasteiger partial charge is 0.490 e. The fourth-order valence-corrected chi connectivity index (χ4v) is 3.02. The number of ether oxygens (including phenoxy) is 2. The molecule has 1 fully saturated rings. The van der Waals surface area contributed by atoms with E-state index in [9.17, 15) is 14.7 Å². The summed E-state index contributed by atoms with van der Waals surface area (Å²) in [5, 5.41) is 12.1. The summed E-state index contributed by atoms with van der Waals surface area (Å²) in [5.41, 5.74) is -0.0475. The number of nitrogens with one attached hydrogen (secondary N) is 1. The zero-order valence-corrected chi connectivity index (χ0v) is 16.3. The van der Waals surface area contributed by atoms with Crippen LogP contribution in [-0.4, -0.2) is 53.3 Å². The van der Waals surface area contributed by atoms with E-state index in [0.717, 1.165) is 11.3 Å². The van der Waals surface area contributed by atoms with Crippen molar-refractivity contribution in [3.05, 3.63) is 54.2 Å². The standard InChI is InChI=1S/C21H25N3O5/c1-21(19(25)26)9-10-24(15-21)20(27)23-14-16-7-8-18(22-13-16)29-12-11-28-17-5-3-2-4-6-17/h2-8,13H,9-12,14-15H2,1H3,(H,23,27)(H,25,26). The molecular formula is C21H25N3O5. The fraction of sp³-hybridized carbons (Fsp3) is 0.381. The zero-order chi connectivity index (χ0) is 20.7. The van der Waals surface area contributed by atoms with Crippen molar-refractivity contribution in [2.24, 2.45) is 5.41 Å². The number of aliphatic carboxylic acids is 1. The SMILES string of the molecule is CC1(C(=O)O)CCN(C(=O)NCc2ccc(OCCOc3ccccc3)nc2)C1. The Hall–Kier alpha value is -3.29. The Morgan fingerprint density at radius 3 is 2.59 bits per heavy atom. The van der Waals surface area contributed by atoms with Gasteiger partial charge in [-0.05, 0) is 31.0 Å². The number of carbonyl (C=O) groups excluding carboxylic acids is 1. The third-order valence-electron chi connectivity index (χ3n) is 4.86. The van der Waals surface area contributed by atoms with E-state index in [-0.39, 0.29) is 12.6 Å². The van der Waals surface area contributed by atoms with Crippen molar-refractivity contribution >= 4 is 12.0 Å². The maximum absolute atomic E-state index is 12.3. The number of likely N-dealkylation sites (tertiary alicyclic amines) is 1. The van der Waals surface area contributed by atoms with E-state index in [1.54, 1.807) is 19.2 Å². The van der Waals surface area contributed by atoms with Gasteiger partial charge in [0.1, 0.15) is 19.0 Å². The van der Waals surface area contributed by atoms with E-state index in [0.29, 0.717) is 38.6 Å². The highest BCUT2D eigenvalue weighted by Crippen LogP contribution is 2.30. The third-order valence-corrected chi connectivity index (χ3v) is 4.86. The molecule has 8 nitrogen and oxygen atoms in total. The quantitative estimate of drug-likeness (QED) is 0.662. The number of carboxylic acid groups (broad SMARTS) is 1. The number of para-hydroxylation sites is 1. The monoisotopic (exact) mass is 399 g/mol. The van der Waals surface area contributed by atoms with Crippen LogP contribution in [0.15, 0.2) is 48.7 Å². The van der Waals surface area contributed by atoms with E-state index < -0.39 is 11.4 Å². The summed E-state index contributed by atoms with van der Waals surface area (Å²) in [6.45, 7) is 3.40. The molecule has 2 amide bonds. The summed E-state index contributed by atoms with van der Waals surface area (Å²) in [5.74, 6) is 0.395. The summed E-state index contributed by atoms with van der Waals surface area (Å²) < 4.78 is 11.1. The first-order chi connectivity index (χ1) is 14.0. The molecule has 2 heterocycles. The molecule has 29 heavy (non-hydrogen) atoms. The van der Waals surface area contributed by atoms with Gasteiger partial charge in [-0.2, -0.15) is 0 Å². The average molecular weight is 399 g/mol. The van der Waals surface area contributed by atoms with E-state index in [2.05, 4.69) is 10.3 Å². The van der Waals surface area contributed by atoms with Gasteiger partial charge in [-0.1, -0.05) is 24.3 Å². The molecule has 2 aromatic rings. The van der Waals surface area contributed by atoms with Gasteiger partial charge in [-0.3, -0.25) is 4.79 Å². The van der Waals surface area contributed by atoms with Crippen LogP contribution in [0.25, 0.3) is 0 Å². The Kier molecular flexibility index (Phi) is 6.54. The van der Waals surface area contributed by atoms with Gasteiger partial charge in [0.25, 0.3) is 0 Å². The van der Waals surface area contributed by atoms with Gasteiger partial charge in [0, 0.05) is 31.9 Å². The molecule has 1 aliphatic rings. The first-order valence-corrected chi connectivity index (χ1v) is 9.48. The zero-order valence-electron chi connectivity index (χ0n) is 16.3. The van der Waals surface area contributed by atoms with Crippen LogP contribution in [0.3, 0.4) is 0 Å². The minimum atomic E-state index is -0.873. The van der Waals surface area contributed by atoms with Crippen LogP contribution in [-0.2, 0) is 11.3 Å². The van der Waals surface area contributed by atoms with Crippen molar-refractivity contribution < 1.29 is 24.2 Å². The maximum atomic E-state index is 12.3. The summed E-state index contributed by atoms with van der Waals surface area (Å²) in [6.07, 6.45) is 2.09. The molecule has 0 saturated carbocycles. The molecule has 3 rings (SSSR count). The highest BCUT2D eigenvalue weighted by molar-refractivity contribution is 5.79. The predicted molar refractivity (Wildman–Crippen MR) is 106 cm³/mol. The van der Waals surface area contributed by atoms with Crippen molar-refractivity contribution in [2.75, 3.05) is 26.3 Å². The molecule has 154 valence electrons. The molecular weight excluding hydrogens is 374 g/mol. The lowest BCUT2D eigenvalue weighted by molar-refractivity contribution is -0.147. The predicted octanol–water partition coefficient (Wildman–Crippen LogP) is 2.55. The number of nitrogens with zero attached hydrogens (tertiary/aromatic N) is 2. The first kappa shape index (κ1) is 20.4. The number of amides is 2. The third kappa shape index (κ3) is 5.60. The molecule has 1 unspecified atom stereocenters. The van der Waals surface area contributed by atoms with Crippen LogP contribution in [0.1, 0.15) is 18.9 Å². The Morgan fingerprint density at radius 1 is 1.17 bits per heavy atom. The first-order valence-electron chi connectivity index (χ1n) is 9.48. The molecule has 2 N–H and O–H groups in total. The lowest BCUT2D eigenvalue weighted by Gasteiger charge is -2.20. The second-order valence-corrected chi connectivity index (χ2v) is 7.21. The molecule has 0 aliphatic carbocycles. The van der Waals surface area contributed by atoms with Gasteiger partial charge in [-0.25, -0.2) is 9.78 Å². The molecule has 0 radical (unpaired) electrons. The number of hydrogen-bond acceptors (Lipinski definition) is 5. The van der Waals surface area contributed by atoms with Gasteiger partial charge in [0.2, 0.25) is 5.88 Å². The molecule has 1 aromatic carbocycles. The molecule has 0 bridgehead atoms. The van der Waals surface area contributed by atoms with Crippen molar-refractivity contribution in [3.8, 4) is 11.6 Å². The topological polar surface area (TPSA) is 101 Å². The minimum absolute atomic E-state index is 0.213. The van der Waals surface area contributed by atoms with Crippen LogP contribution in [0.2, 0.25) is 0 Å². The number of benzene rings is 1. The Labute approximate surface area is 169 Å². The van der Waals surface area contributed by atoms with Crippen molar-refractivity contribution in [1.82, 2.24) is 15.2 Å². The van der Waals surface area contributed by atoms with E-state index in [1.165, 1.54) is 4.90 Å². The van der Waals surface area contributed by atoms with E-state index in [4.69, 9.17) is 9.47 Å². The van der Waals surface area contributed by atoms with Crippen LogP contribution in [0, 0.1) is 5.41 Å². The lowest BCUT2D eigenvalue weighted by Crippen LogP contribution is -2.40. The van der Waals surface area contributed by atoms with Gasteiger partial charge < -0.3 is 24.8 Å². The van der Waals surface area contributed by atoms with Crippen LogP contribution in [0.5, 0.6) is 11.6 Å². The van der Waals surface area contributed by atoms with Crippen LogP contribution < -0.4 is 14.8 Å². The lowest BCUT2D eigenvalue weighted by atomic mass is 9.90. The maximum Gasteiger partial charge on any atom is 0.317 e. The normalized spacial score (nSPS) is 18.3. The Balaban J connectivity index is 1.38. The van der Waals surface area contributed by atoms with Crippen LogP contribution in [0.4, 0.5) is 4.79 Å². The fourth-order valence-electron chi connectivity index (χ4n) is 3.02. The van der Waals surface area contributed by atoms with Gasteiger partial charge in [-0.15, -0.1) is 0 Å². The molecule has 1 atom stereocenters. The van der Waals surface area contributed by atoms with Gasteiger partial charge in [0.15, 0.2) is 0 Å². The smallest absolute Gasteiger partial charge is 0.317 e. The number of pyridine rings is 1. The summed E-state index contributed by atoms with van der Waals surface area (Å²) in [7, 11) is 0. The summed E-state index contributed by atoms with van der Waals surface area (Å²) >= 11 is 0. The molecule has 0 spiro atoms. The van der Waals surface area contributed by atoms with Crippen molar-refractivity contribution in [3.63, 3.8) is 0 Å². The molecule has 1 aliphatic heterocycles. The molecule has 8 heteroatoms. The van der Waals surface area contributed by atoms with E-state index >= 15 is 0 Å². The Bertz CT molecular complexity index is 828. The number of rotatable bonds is 8. The second kappa shape index (κ2) is 9.27. The number of aromatic nitrogens is 1. The second-order valence-electron chi connectivity index (χ2n) is 7.21.